The topological polar surface area (TPSA) is 73.0 Å². The third-order valence-corrected chi connectivity index (χ3v) is 5.02. The Morgan fingerprint density at radius 2 is 2.07 bits per heavy atom. The fourth-order valence-electron chi connectivity index (χ4n) is 0.882. The monoisotopic (exact) mass is 234 g/mol. The van der Waals surface area contributed by atoms with Crippen LogP contribution in [0.5, 0.6) is 0 Å². The molecule has 0 saturated heterocycles. The summed E-state index contributed by atoms with van der Waals surface area (Å²) in [4.78, 5) is 4.98. The van der Waals surface area contributed by atoms with Crippen LogP contribution in [-0.2, 0) is 9.84 Å². The molecule has 0 aliphatic rings. The molecule has 1 aromatic heterocycles. The Morgan fingerprint density at radius 3 is 2.43 bits per heavy atom. The summed E-state index contributed by atoms with van der Waals surface area (Å²) in [6.45, 7) is 3.49. The Bertz CT molecular complexity index is 409. The lowest BCUT2D eigenvalue weighted by Crippen LogP contribution is -2.06. The summed E-state index contributed by atoms with van der Waals surface area (Å²) in [6, 6.07) is -0.0898. The highest BCUT2D eigenvalue weighted by Crippen LogP contribution is 2.27. The van der Waals surface area contributed by atoms with E-state index in [1.165, 1.54) is 17.6 Å². The van der Waals surface area contributed by atoms with Gasteiger partial charge in [-0.15, -0.1) is 11.3 Å². The van der Waals surface area contributed by atoms with E-state index < -0.39 is 15.1 Å². The van der Waals surface area contributed by atoms with Gasteiger partial charge in [-0.25, -0.2) is 13.4 Å². The average Bonchev–Trinajstić information content (AvgIpc) is 2.48. The van der Waals surface area contributed by atoms with Crippen LogP contribution in [0.15, 0.2) is 6.20 Å². The van der Waals surface area contributed by atoms with Gasteiger partial charge in [0.15, 0.2) is 9.84 Å². The van der Waals surface area contributed by atoms with Crippen molar-refractivity contribution in [3.63, 3.8) is 0 Å². The van der Waals surface area contributed by atoms with Crippen LogP contribution in [0.4, 0.5) is 0 Å². The minimum Gasteiger partial charge on any atom is -0.323 e. The highest BCUT2D eigenvalue weighted by Gasteiger charge is 2.21. The highest BCUT2D eigenvalue weighted by molar-refractivity contribution is 7.91. The lowest BCUT2D eigenvalue weighted by Gasteiger charge is -2.04. The largest absolute Gasteiger partial charge is 0.323 e. The summed E-state index contributed by atoms with van der Waals surface area (Å²) in [6.07, 6.45) is 2.86. The van der Waals surface area contributed by atoms with E-state index in [1.54, 1.807) is 13.1 Å². The predicted octanol–water partition coefficient (Wildman–Crippen LogP) is 1.27. The van der Waals surface area contributed by atoms with E-state index in [2.05, 4.69) is 4.98 Å². The summed E-state index contributed by atoms with van der Waals surface area (Å²) in [7, 11) is -3.06. The second-order valence-corrected chi connectivity index (χ2v) is 6.82. The first kappa shape index (κ1) is 11.6. The second kappa shape index (κ2) is 3.96. The molecule has 2 N–H and O–H groups in total. The van der Waals surface area contributed by atoms with E-state index in [4.69, 9.17) is 5.73 Å². The SMILES string of the molecule is CC(N)c1cnc(C(C)S(C)(=O)=O)s1. The van der Waals surface area contributed by atoms with Gasteiger partial charge in [0.25, 0.3) is 0 Å². The number of hydrogen-bond acceptors (Lipinski definition) is 5. The fourth-order valence-corrected chi connectivity index (χ4v) is 2.78. The number of sulfone groups is 1. The van der Waals surface area contributed by atoms with E-state index in [1.807, 2.05) is 6.92 Å². The van der Waals surface area contributed by atoms with Crippen molar-refractivity contribution in [2.24, 2.45) is 5.73 Å². The molecule has 4 nitrogen and oxygen atoms in total. The number of hydrogen-bond donors (Lipinski definition) is 1. The Hall–Kier alpha value is -0.460. The Morgan fingerprint density at radius 1 is 1.50 bits per heavy atom. The molecule has 6 heteroatoms. The minimum atomic E-state index is -3.06. The molecule has 1 heterocycles. The molecule has 0 radical (unpaired) electrons. The summed E-state index contributed by atoms with van der Waals surface area (Å²) >= 11 is 1.36. The van der Waals surface area contributed by atoms with Crippen molar-refractivity contribution in [1.82, 2.24) is 4.98 Å². The third-order valence-electron chi connectivity index (χ3n) is 1.98. The Kier molecular flexibility index (Phi) is 3.28. The average molecular weight is 234 g/mol. The smallest absolute Gasteiger partial charge is 0.156 e. The van der Waals surface area contributed by atoms with Gasteiger partial charge in [-0.3, -0.25) is 0 Å². The van der Waals surface area contributed by atoms with Gasteiger partial charge in [0.1, 0.15) is 10.3 Å². The maximum absolute atomic E-state index is 11.2. The van der Waals surface area contributed by atoms with Gasteiger partial charge in [-0.2, -0.15) is 0 Å². The second-order valence-electron chi connectivity index (χ2n) is 3.36. The Balaban J connectivity index is 2.98. The standard InChI is InChI=1S/C8H14N2O2S2/c1-5(9)7-4-10-8(13-7)6(2)14(3,11)12/h4-6H,9H2,1-3H3. The normalized spacial score (nSPS) is 16.6. The van der Waals surface area contributed by atoms with Crippen LogP contribution in [0, 0.1) is 0 Å². The predicted molar refractivity (Wildman–Crippen MR) is 58.0 cm³/mol. The molecule has 80 valence electrons. The van der Waals surface area contributed by atoms with Crippen molar-refractivity contribution < 1.29 is 8.42 Å². The third kappa shape index (κ3) is 2.52. The van der Waals surface area contributed by atoms with Crippen molar-refractivity contribution in [3.8, 4) is 0 Å². The summed E-state index contributed by atoms with van der Waals surface area (Å²) in [5, 5.41) is 0.0693. The van der Waals surface area contributed by atoms with Crippen LogP contribution >= 0.6 is 11.3 Å². The molecule has 2 unspecified atom stereocenters. The minimum absolute atomic E-state index is 0.0898. The lowest BCUT2D eigenvalue weighted by atomic mass is 10.3. The van der Waals surface area contributed by atoms with E-state index in [-0.39, 0.29) is 6.04 Å². The zero-order valence-corrected chi connectivity index (χ0v) is 10.0. The van der Waals surface area contributed by atoms with Crippen LogP contribution in [0.2, 0.25) is 0 Å². The van der Waals surface area contributed by atoms with Crippen molar-refractivity contribution in [2.45, 2.75) is 25.1 Å². The van der Waals surface area contributed by atoms with Crippen LogP contribution in [0.3, 0.4) is 0 Å². The van der Waals surface area contributed by atoms with Gasteiger partial charge in [0, 0.05) is 23.4 Å². The van der Waals surface area contributed by atoms with E-state index >= 15 is 0 Å². The summed E-state index contributed by atoms with van der Waals surface area (Å²) in [5.41, 5.74) is 5.66. The van der Waals surface area contributed by atoms with Gasteiger partial charge in [0.2, 0.25) is 0 Å². The number of rotatable bonds is 3. The molecule has 1 rings (SSSR count). The number of nitrogens with zero attached hydrogens (tertiary/aromatic N) is 1. The molecular weight excluding hydrogens is 220 g/mol. The van der Waals surface area contributed by atoms with Crippen molar-refractivity contribution in [3.05, 3.63) is 16.1 Å². The molecular formula is C8H14N2O2S2. The summed E-state index contributed by atoms with van der Waals surface area (Å²) < 4.78 is 22.5. The Labute approximate surface area is 88.1 Å². The zero-order valence-electron chi connectivity index (χ0n) is 8.39. The van der Waals surface area contributed by atoms with Crippen LogP contribution in [0.1, 0.15) is 35.0 Å². The highest BCUT2D eigenvalue weighted by atomic mass is 32.2. The number of thiazole rings is 1. The van der Waals surface area contributed by atoms with Crippen LogP contribution < -0.4 is 5.73 Å². The van der Waals surface area contributed by atoms with E-state index in [0.29, 0.717) is 5.01 Å². The van der Waals surface area contributed by atoms with Gasteiger partial charge < -0.3 is 5.73 Å². The fraction of sp³-hybridized carbons (Fsp3) is 0.625. The molecule has 0 amide bonds. The van der Waals surface area contributed by atoms with Crippen molar-refractivity contribution >= 4 is 21.2 Å². The van der Waals surface area contributed by atoms with E-state index in [9.17, 15) is 8.42 Å². The van der Waals surface area contributed by atoms with Gasteiger partial charge in [-0.1, -0.05) is 0 Å². The van der Waals surface area contributed by atoms with Gasteiger partial charge in [-0.05, 0) is 13.8 Å². The van der Waals surface area contributed by atoms with E-state index in [0.717, 1.165) is 4.88 Å². The molecule has 0 aliphatic heterocycles. The molecule has 0 bridgehead atoms. The maximum Gasteiger partial charge on any atom is 0.156 e. The quantitative estimate of drug-likeness (QED) is 0.854. The van der Waals surface area contributed by atoms with Gasteiger partial charge in [0.05, 0.1) is 0 Å². The number of nitrogens with two attached hydrogens (primary N) is 1. The molecule has 0 aliphatic carbocycles. The first-order chi connectivity index (χ1) is 6.32. The molecule has 1 aromatic rings. The molecule has 0 aromatic carbocycles. The number of aromatic nitrogens is 1. The molecule has 0 fully saturated rings. The molecule has 14 heavy (non-hydrogen) atoms. The summed E-state index contributed by atoms with van der Waals surface area (Å²) in [5.74, 6) is 0. The van der Waals surface area contributed by atoms with Crippen molar-refractivity contribution in [2.75, 3.05) is 6.26 Å². The van der Waals surface area contributed by atoms with Crippen molar-refractivity contribution in [1.29, 1.82) is 0 Å². The van der Waals surface area contributed by atoms with Crippen LogP contribution in [0.25, 0.3) is 0 Å². The molecule has 0 spiro atoms. The maximum atomic E-state index is 11.2. The zero-order chi connectivity index (χ0) is 10.9. The lowest BCUT2D eigenvalue weighted by molar-refractivity contribution is 0.592. The van der Waals surface area contributed by atoms with Gasteiger partial charge >= 0.3 is 0 Å². The molecule has 2 atom stereocenters. The molecule has 0 saturated carbocycles. The first-order valence-electron chi connectivity index (χ1n) is 4.22. The van der Waals surface area contributed by atoms with Crippen LogP contribution in [-0.4, -0.2) is 19.7 Å². The first-order valence-corrected chi connectivity index (χ1v) is 6.99.